The molecule has 2 heterocycles. The van der Waals surface area contributed by atoms with E-state index in [1.807, 2.05) is 4.90 Å². The molecular formula is C12H11F2N3. The summed E-state index contributed by atoms with van der Waals surface area (Å²) in [6.07, 6.45) is 1.11. The topological polar surface area (TPSA) is 29.0 Å². The molecule has 0 radical (unpaired) electrons. The van der Waals surface area contributed by atoms with Crippen molar-refractivity contribution in [3.05, 3.63) is 30.3 Å². The minimum Gasteiger partial charge on any atom is -0.353 e. The van der Waals surface area contributed by atoms with Crippen molar-refractivity contribution >= 4 is 16.7 Å². The Balaban J connectivity index is 2.12. The molecule has 0 bridgehead atoms. The Morgan fingerprint density at radius 1 is 1.29 bits per heavy atom. The summed E-state index contributed by atoms with van der Waals surface area (Å²) >= 11 is 0. The first-order chi connectivity index (χ1) is 8.24. The Morgan fingerprint density at radius 3 is 2.94 bits per heavy atom. The van der Waals surface area contributed by atoms with Crippen molar-refractivity contribution in [1.82, 2.24) is 9.97 Å². The number of fused-ring (bicyclic) bond motifs is 1. The molecule has 0 amide bonds. The first-order valence-corrected chi connectivity index (χ1v) is 5.53. The number of aromatic nitrogens is 2. The molecule has 1 aromatic carbocycles. The fourth-order valence-corrected chi connectivity index (χ4v) is 2.18. The Bertz CT molecular complexity index is 558. The lowest BCUT2D eigenvalue weighted by Gasteiger charge is -2.17. The molecule has 1 aliphatic heterocycles. The second-order valence-electron chi connectivity index (χ2n) is 4.19. The van der Waals surface area contributed by atoms with Gasteiger partial charge in [-0.05, 0) is 24.6 Å². The molecule has 1 unspecified atom stereocenters. The molecule has 2 aromatic rings. The van der Waals surface area contributed by atoms with E-state index in [0.29, 0.717) is 36.2 Å². The maximum Gasteiger partial charge on any atom is 0.140 e. The zero-order valence-electron chi connectivity index (χ0n) is 9.11. The van der Waals surface area contributed by atoms with Crippen molar-refractivity contribution in [3.63, 3.8) is 0 Å². The van der Waals surface area contributed by atoms with Gasteiger partial charge in [0.2, 0.25) is 0 Å². The van der Waals surface area contributed by atoms with Gasteiger partial charge in [-0.2, -0.15) is 0 Å². The molecule has 1 aromatic heterocycles. The molecular weight excluding hydrogens is 224 g/mol. The largest absolute Gasteiger partial charge is 0.353 e. The van der Waals surface area contributed by atoms with E-state index >= 15 is 0 Å². The minimum absolute atomic E-state index is 0.322. The van der Waals surface area contributed by atoms with E-state index in [1.165, 1.54) is 18.5 Å². The zero-order chi connectivity index (χ0) is 11.8. The smallest absolute Gasteiger partial charge is 0.140 e. The highest BCUT2D eigenvalue weighted by Gasteiger charge is 2.24. The summed E-state index contributed by atoms with van der Waals surface area (Å²) in [5.74, 6) is 0.291. The molecule has 17 heavy (non-hydrogen) atoms. The number of alkyl halides is 1. The van der Waals surface area contributed by atoms with Gasteiger partial charge < -0.3 is 4.90 Å². The van der Waals surface area contributed by atoms with E-state index in [1.54, 1.807) is 6.07 Å². The van der Waals surface area contributed by atoms with Gasteiger partial charge in [-0.3, -0.25) is 0 Å². The fraction of sp³-hybridized carbons (Fsp3) is 0.333. The van der Waals surface area contributed by atoms with Gasteiger partial charge >= 0.3 is 0 Å². The van der Waals surface area contributed by atoms with E-state index < -0.39 is 6.17 Å². The quantitative estimate of drug-likeness (QED) is 0.759. The molecule has 3 nitrogen and oxygen atoms in total. The predicted molar refractivity (Wildman–Crippen MR) is 61.2 cm³/mol. The average Bonchev–Trinajstić information content (AvgIpc) is 2.75. The van der Waals surface area contributed by atoms with E-state index in [2.05, 4.69) is 9.97 Å². The van der Waals surface area contributed by atoms with Crippen LogP contribution in [0.4, 0.5) is 14.6 Å². The van der Waals surface area contributed by atoms with Crippen LogP contribution >= 0.6 is 0 Å². The molecule has 0 saturated carbocycles. The number of nitrogens with zero attached hydrogens (tertiary/aromatic N) is 3. The van der Waals surface area contributed by atoms with Crippen LogP contribution in [-0.4, -0.2) is 29.2 Å². The highest BCUT2D eigenvalue weighted by Crippen LogP contribution is 2.27. The molecule has 0 N–H and O–H groups in total. The van der Waals surface area contributed by atoms with Gasteiger partial charge in [0.05, 0.1) is 12.1 Å². The highest BCUT2D eigenvalue weighted by molar-refractivity contribution is 5.89. The number of halogens is 2. The van der Waals surface area contributed by atoms with Gasteiger partial charge in [-0.25, -0.2) is 18.7 Å². The van der Waals surface area contributed by atoms with Crippen molar-refractivity contribution in [1.29, 1.82) is 0 Å². The van der Waals surface area contributed by atoms with Crippen LogP contribution in [0.15, 0.2) is 24.5 Å². The SMILES string of the molecule is Fc1ccc2ncnc(N3CCC(F)C3)c2c1. The molecule has 3 rings (SSSR count). The normalized spacial score (nSPS) is 20.1. The standard InChI is InChI=1S/C12H11F2N3/c13-8-1-2-11-10(5-8)12(16-7-15-11)17-4-3-9(14)6-17/h1-2,5,7,9H,3-4,6H2. The van der Waals surface area contributed by atoms with Crippen LogP contribution in [0.5, 0.6) is 0 Å². The van der Waals surface area contributed by atoms with Crippen molar-refractivity contribution in [3.8, 4) is 0 Å². The first-order valence-electron chi connectivity index (χ1n) is 5.53. The maximum atomic E-state index is 13.2. The summed E-state index contributed by atoms with van der Waals surface area (Å²) in [5.41, 5.74) is 0.679. The third-order valence-electron chi connectivity index (χ3n) is 3.01. The second kappa shape index (κ2) is 3.91. The molecule has 88 valence electrons. The fourth-order valence-electron chi connectivity index (χ4n) is 2.18. The monoisotopic (exact) mass is 235 g/mol. The second-order valence-corrected chi connectivity index (χ2v) is 4.19. The van der Waals surface area contributed by atoms with E-state index in [-0.39, 0.29) is 5.82 Å². The highest BCUT2D eigenvalue weighted by atomic mass is 19.1. The van der Waals surface area contributed by atoms with Gasteiger partial charge in [-0.1, -0.05) is 0 Å². The summed E-state index contributed by atoms with van der Waals surface area (Å²) in [5, 5.41) is 0.640. The van der Waals surface area contributed by atoms with Crippen LogP contribution in [0.25, 0.3) is 10.9 Å². The van der Waals surface area contributed by atoms with Gasteiger partial charge in [0, 0.05) is 11.9 Å². The summed E-state index contributed by atoms with van der Waals surface area (Å²) in [6.45, 7) is 0.937. The molecule has 1 atom stereocenters. The summed E-state index contributed by atoms with van der Waals surface area (Å²) in [4.78, 5) is 10.1. The number of rotatable bonds is 1. The van der Waals surface area contributed by atoms with Gasteiger partial charge in [-0.15, -0.1) is 0 Å². The van der Waals surface area contributed by atoms with Crippen LogP contribution in [0, 0.1) is 5.82 Å². The lowest BCUT2D eigenvalue weighted by Crippen LogP contribution is -2.21. The Morgan fingerprint density at radius 2 is 2.18 bits per heavy atom. The summed E-state index contributed by atoms with van der Waals surface area (Å²) in [7, 11) is 0. The van der Waals surface area contributed by atoms with Crippen LogP contribution in [0.3, 0.4) is 0 Å². The zero-order valence-corrected chi connectivity index (χ0v) is 9.11. The van der Waals surface area contributed by atoms with Gasteiger partial charge in [0.1, 0.15) is 24.1 Å². The van der Waals surface area contributed by atoms with Crippen LogP contribution in [-0.2, 0) is 0 Å². The lowest BCUT2D eigenvalue weighted by molar-refractivity contribution is 0.364. The molecule has 1 fully saturated rings. The Kier molecular flexibility index (Phi) is 2.39. The number of anilines is 1. The van der Waals surface area contributed by atoms with E-state index in [0.717, 1.165) is 0 Å². The van der Waals surface area contributed by atoms with E-state index in [9.17, 15) is 8.78 Å². The van der Waals surface area contributed by atoms with E-state index in [4.69, 9.17) is 0 Å². The average molecular weight is 235 g/mol. The lowest BCUT2D eigenvalue weighted by atomic mass is 10.2. The molecule has 1 aliphatic rings. The molecule has 0 spiro atoms. The van der Waals surface area contributed by atoms with Gasteiger partial charge in [0.25, 0.3) is 0 Å². The first kappa shape index (κ1) is 10.4. The molecule has 5 heteroatoms. The van der Waals surface area contributed by atoms with Crippen molar-refractivity contribution in [2.24, 2.45) is 0 Å². The minimum atomic E-state index is -0.825. The number of benzene rings is 1. The van der Waals surface area contributed by atoms with Crippen molar-refractivity contribution in [2.45, 2.75) is 12.6 Å². The Labute approximate surface area is 97.1 Å². The molecule has 1 saturated heterocycles. The maximum absolute atomic E-state index is 13.2. The van der Waals surface area contributed by atoms with Crippen LogP contribution in [0.2, 0.25) is 0 Å². The van der Waals surface area contributed by atoms with Crippen molar-refractivity contribution in [2.75, 3.05) is 18.0 Å². The van der Waals surface area contributed by atoms with Crippen LogP contribution < -0.4 is 4.90 Å². The number of hydrogen-bond acceptors (Lipinski definition) is 3. The summed E-state index contributed by atoms with van der Waals surface area (Å²) in [6, 6.07) is 4.37. The molecule has 0 aliphatic carbocycles. The number of hydrogen-bond donors (Lipinski definition) is 0. The third kappa shape index (κ3) is 1.81. The predicted octanol–water partition coefficient (Wildman–Crippen LogP) is 2.32. The third-order valence-corrected chi connectivity index (χ3v) is 3.01. The van der Waals surface area contributed by atoms with Crippen molar-refractivity contribution < 1.29 is 8.78 Å². The Hall–Kier alpha value is -1.78. The van der Waals surface area contributed by atoms with Gasteiger partial charge in [0.15, 0.2) is 0 Å². The summed E-state index contributed by atoms with van der Waals surface area (Å²) < 4.78 is 26.4. The van der Waals surface area contributed by atoms with Crippen LogP contribution in [0.1, 0.15) is 6.42 Å².